The quantitative estimate of drug-likeness (QED) is 0.702. The molecule has 1 heterocycles. The number of aromatic nitrogens is 1. The fraction of sp³-hybridized carbons (Fsp3) is 0.286. The van der Waals surface area contributed by atoms with Gasteiger partial charge in [-0.05, 0) is 6.07 Å². The van der Waals surface area contributed by atoms with E-state index in [0.29, 0.717) is 0 Å². The van der Waals surface area contributed by atoms with E-state index in [4.69, 9.17) is 11.6 Å². The van der Waals surface area contributed by atoms with Crippen LogP contribution in [0, 0.1) is 0 Å². The van der Waals surface area contributed by atoms with Crippen LogP contribution in [-0.4, -0.2) is 11.3 Å². The first-order valence-corrected chi connectivity index (χ1v) is 3.81. The van der Waals surface area contributed by atoms with Crippen molar-refractivity contribution in [3.8, 4) is 5.75 Å². The molecule has 2 nitrogen and oxygen atoms in total. The van der Waals surface area contributed by atoms with E-state index in [2.05, 4.69) is 9.72 Å². The van der Waals surface area contributed by atoms with Crippen molar-refractivity contribution >= 4 is 11.6 Å². The molecule has 0 bridgehead atoms. The maximum absolute atomic E-state index is 11.8. The third kappa shape index (κ3) is 3.10. The summed E-state index contributed by atoms with van der Waals surface area (Å²) in [7, 11) is 0. The lowest BCUT2D eigenvalue weighted by atomic mass is 10.3. The SMILES string of the molecule is FC(F)(F)Oc1ccncc1CCl. The van der Waals surface area contributed by atoms with Crippen molar-refractivity contribution in [3.05, 3.63) is 24.0 Å². The Hall–Kier alpha value is -0.970. The minimum absolute atomic E-state index is 0.0702. The zero-order valence-corrected chi connectivity index (χ0v) is 7.06. The normalized spacial score (nSPS) is 11.4. The van der Waals surface area contributed by atoms with Gasteiger partial charge in [-0.1, -0.05) is 0 Å². The fourth-order valence-corrected chi connectivity index (χ4v) is 0.940. The van der Waals surface area contributed by atoms with Crippen LogP contribution in [0.3, 0.4) is 0 Å². The van der Waals surface area contributed by atoms with Crippen LogP contribution >= 0.6 is 11.6 Å². The molecule has 0 fully saturated rings. The Morgan fingerprint density at radius 2 is 2.15 bits per heavy atom. The molecule has 1 rings (SSSR count). The summed E-state index contributed by atoms with van der Waals surface area (Å²) < 4.78 is 39.0. The van der Waals surface area contributed by atoms with Gasteiger partial charge in [0.15, 0.2) is 0 Å². The monoisotopic (exact) mass is 211 g/mol. The molecule has 1 aromatic rings. The van der Waals surface area contributed by atoms with Crippen LogP contribution in [0.4, 0.5) is 13.2 Å². The molecule has 0 N–H and O–H groups in total. The second kappa shape index (κ2) is 3.83. The summed E-state index contributed by atoms with van der Waals surface area (Å²) in [6, 6.07) is 1.12. The van der Waals surface area contributed by atoms with Crippen LogP contribution in [0.15, 0.2) is 18.5 Å². The van der Waals surface area contributed by atoms with Gasteiger partial charge in [-0.3, -0.25) is 4.98 Å². The number of pyridine rings is 1. The molecule has 0 atom stereocenters. The van der Waals surface area contributed by atoms with E-state index < -0.39 is 6.36 Å². The summed E-state index contributed by atoms with van der Waals surface area (Å²) in [6.07, 6.45) is -2.26. The number of hydrogen-bond acceptors (Lipinski definition) is 2. The number of nitrogens with zero attached hydrogens (tertiary/aromatic N) is 1. The van der Waals surface area contributed by atoms with E-state index in [0.717, 1.165) is 6.07 Å². The van der Waals surface area contributed by atoms with E-state index in [-0.39, 0.29) is 17.2 Å². The molecule has 0 aromatic carbocycles. The second-order valence-corrected chi connectivity index (χ2v) is 2.43. The van der Waals surface area contributed by atoms with E-state index in [1.165, 1.54) is 12.4 Å². The van der Waals surface area contributed by atoms with Crippen molar-refractivity contribution in [3.63, 3.8) is 0 Å². The van der Waals surface area contributed by atoms with Gasteiger partial charge in [-0.25, -0.2) is 0 Å². The van der Waals surface area contributed by atoms with Gasteiger partial charge in [0.05, 0.1) is 5.88 Å². The molecule has 0 aliphatic heterocycles. The largest absolute Gasteiger partial charge is 0.573 e. The highest BCUT2D eigenvalue weighted by atomic mass is 35.5. The number of hydrogen-bond donors (Lipinski definition) is 0. The summed E-state index contributed by atoms with van der Waals surface area (Å²) in [5.41, 5.74) is 0.210. The molecule has 6 heteroatoms. The van der Waals surface area contributed by atoms with Crippen molar-refractivity contribution < 1.29 is 17.9 Å². The lowest BCUT2D eigenvalue weighted by molar-refractivity contribution is -0.274. The smallest absolute Gasteiger partial charge is 0.405 e. The molecule has 0 radical (unpaired) electrons. The summed E-state index contributed by atoms with van der Waals surface area (Å²) >= 11 is 5.37. The zero-order valence-electron chi connectivity index (χ0n) is 6.31. The molecule has 1 aromatic heterocycles. The molecule has 0 saturated heterocycles. The Kier molecular flexibility index (Phi) is 2.98. The Bertz CT molecular complexity index is 289. The average molecular weight is 212 g/mol. The summed E-state index contributed by atoms with van der Waals surface area (Å²) in [6.45, 7) is 0. The van der Waals surface area contributed by atoms with Crippen molar-refractivity contribution in [1.29, 1.82) is 0 Å². The van der Waals surface area contributed by atoms with Gasteiger partial charge in [-0.15, -0.1) is 24.8 Å². The predicted octanol–water partition coefficient (Wildman–Crippen LogP) is 2.72. The lowest BCUT2D eigenvalue weighted by Crippen LogP contribution is -2.18. The fourth-order valence-electron chi connectivity index (χ4n) is 0.739. The van der Waals surface area contributed by atoms with Crippen LogP contribution in [0.1, 0.15) is 5.56 Å². The van der Waals surface area contributed by atoms with E-state index >= 15 is 0 Å². The Morgan fingerprint density at radius 3 is 2.69 bits per heavy atom. The van der Waals surface area contributed by atoms with Crippen molar-refractivity contribution in [2.75, 3.05) is 0 Å². The highest BCUT2D eigenvalue weighted by Gasteiger charge is 2.31. The van der Waals surface area contributed by atoms with E-state index in [1.54, 1.807) is 0 Å². The number of alkyl halides is 4. The molecule has 0 amide bonds. The standard InChI is InChI=1S/C7H5ClF3NO/c8-3-5-4-12-2-1-6(5)13-7(9,10)11/h1-2,4H,3H2. The topological polar surface area (TPSA) is 22.1 Å². The molecule has 0 saturated carbocycles. The first-order valence-electron chi connectivity index (χ1n) is 3.27. The summed E-state index contributed by atoms with van der Waals surface area (Å²) in [5, 5.41) is 0. The van der Waals surface area contributed by atoms with Crippen molar-refractivity contribution in [2.45, 2.75) is 12.2 Å². The van der Waals surface area contributed by atoms with Gasteiger partial charge in [0, 0.05) is 18.0 Å². The lowest BCUT2D eigenvalue weighted by Gasteiger charge is -2.10. The summed E-state index contributed by atoms with van der Waals surface area (Å²) in [5.74, 6) is -0.378. The number of halogens is 4. The van der Waals surface area contributed by atoms with Crippen molar-refractivity contribution in [1.82, 2.24) is 4.98 Å². The van der Waals surface area contributed by atoms with E-state index in [9.17, 15) is 13.2 Å². The van der Waals surface area contributed by atoms with E-state index in [1.807, 2.05) is 0 Å². The van der Waals surface area contributed by atoms with Gasteiger partial charge in [-0.2, -0.15) is 0 Å². The molecule has 72 valence electrons. The molecule has 0 aliphatic rings. The maximum Gasteiger partial charge on any atom is 0.573 e. The van der Waals surface area contributed by atoms with Crippen LogP contribution in [0.5, 0.6) is 5.75 Å². The van der Waals surface area contributed by atoms with Gasteiger partial charge >= 0.3 is 6.36 Å². The molecule has 0 spiro atoms. The highest BCUT2D eigenvalue weighted by Crippen LogP contribution is 2.26. The number of ether oxygens (including phenoxy) is 1. The third-order valence-electron chi connectivity index (χ3n) is 1.23. The van der Waals surface area contributed by atoms with Crippen LogP contribution in [0.25, 0.3) is 0 Å². The number of rotatable bonds is 2. The van der Waals surface area contributed by atoms with Gasteiger partial charge in [0.1, 0.15) is 5.75 Å². The Labute approximate surface area is 77.3 Å². The van der Waals surface area contributed by atoms with Gasteiger partial charge in [0.2, 0.25) is 0 Å². The maximum atomic E-state index is 11.8. The second-order valence-electron chi connectivity index (χ2n) is 2.16. The van der Waals surface area contributed by atoms with Crippen LogP contribution in [0.2, 0.25) is 0 Å². The predicted molar refractivity (Wildman–Crippen MR) is 40.5 cm³/mol. The minimum atomic E-state index is -4.69. The molecule has 0 aliphatic carbocycles. The minimum Gasteiger partial charge on any atom is -0.405 e. The third-order valence-corrected chi connectivity index (χ3v) is 1.52. The molecular weight excluding hydrogens is 207 g/mol. The first kappa shape index (κ1) is 10.1. The van der Waals surface area contributed by atoms with Crippen molar-refractivity contribution in [2.24, 2.45) is 0 Å². The Morgan fingerprint density at radius 1 is 1.46 bits per heavy atom. The molecular formula is C7H5ClF3NO. The Balaban J connectivity index is 2.87. The highest BCUT2D eigenvalue weighted by molar-refractivity contribution is 6.17. The zero-order chi connectivity index (χ0) is 9.90. The van der Waals surface area contributed by atoms with Crippen LogP contribution in [-0.2, 0) is 5.88 Å². The van der Waals surface area contributed by atoms with Gasteiger partial charge in [0.25, 0.3) is 0 Å². The van der Waals surface area contributed by atoms with Gasteiger partial charge < -0.3 is 4.74 Å². The first-order chi connectivity index (χ1) is 6.03. The molecule has 0 unspecified atom stereocenters. The van der Waals surface area contributed by atoms with Crippen LogP contribution < -0.4 is 4.74 Å². The average Bonchev–Trinajstić information content (AvgIpc) is 2.02. The summed E-state index contributed by atoms with van der Waals surface area (Å²) in [4.78, 5) is 3.61. The molecule has 13 heavy (non-hydrogen) atoms.